The van der Waals surface area contributed by atoms with E-state index in [1.807, 2.05) is 0 Å². The van der Waals surface area contributed by atoms with Gasteiger partial charge in [0, 0.05) is 24.3 Å². The molecule has 0 bridgehead atoms. The van der Waals surface area contributed by atoms with E-state index >= 15 is 0 Å². The lowest BCUT2D eigenvalue weighted by Gasteiger charge is -2.09. The monoisotopic (exact) mass is 308 g/mol. The average Bonchev–Trinajstić information content (AvgIpc) is 2.47. The second kappa shape index (κ2) is 6.69. The van der Waals surface area contributed by atoms with Crippen molar-refractivity contribution in [2.24, 2.45) is 0 Å². The second-order valence-corrected chi connectivity index (χ2v) is 6.24. The van der Waals surface area contributed by atoms with Crippen molar-refractivity contribution in [2.45, 2.75) is 18.4 Å². The first-order valence-electron chi connectivity index (χ1n) is 6.60. The summed E-state index contributed by atoms with van der Waals surface area (Å²) in [4.78, 5) is 0.209. The molecule has 0 spiro atoms. The maximum absolute atomic E-state index is 13.5. The van der Waals surface area contributed by atoms with Crippen LogP contribution in [0.1, 0.15) is 12.5 Å². The summed E-state index contributed by atoms with van der Waals surface area (Å²) in [7, 11) is -3.44. The van der Waals surface area contributed by atoms with Gasteiger partial charge in [-0.1, -0.05) is 25.1 Å². The zero-order chi connectivity index (χ0) is 15.3. The van der Waals surface area contributed by atoms with Gasteiger partial charge in [0.25, 0.3) is 0 Å². The lowest BCUT2D eigenvalue weighted by molar-refractivity contribution is 0.584. The third-order valence-corrected chi connectivity index (χ3v) is 4.50. The molecule has 0 unspecified atom stereocenters. The predicted octanol–water partition coefficient (Wildman–Crippen LogP) is 2.74. The number of hydrogen-bond acceptors (Lipinski definition) is 3. The van der Waals surface area contributed by atoms with Gasteiger partial charge < -0.3 is 5.32 Å². The molecule has 0 aliphatic heterocycles. The molecule has 2 aromatic rings. The molecular weight excluding hydrogens is 291 g/mol. The summed E-state index contributed by atoms with van der Waals surface area (Å²) in [5, 5.41) is 3.06. The summed E-state index contributed by atoms with van der Waals surface area (Å²) in [5.41, 5.74) is 1.29. The fraction of sp³-hybridized carbons (Fsp3) is 0.200. The van der Waals surface area contributed by atoms with Crippen LogP contribution in [0.3, 0.4) is 0 Å². The van der Waals surface area contributed by atoms with Crippen molar-refractivity contribution in [3.63, 3.8) is 0 Å². The number of hydrogen-bond donors (Lipinski definition) is 2. The number of halogens is 1. The molecule has 0 aromatic heterocycles. The van der Waals surface area contributed by atoms with E-state index in [4.69, 9.17) is 0 Å². The van der Waals surface area contributed by atoms with E-state index in [2.05, 4.69) is 10.0 Å². The van der Waals surface area contributed by atoms with Gasteiger partial charge in [-0.25, -0.2) is 17.5 Å². The Labute approximate surface area is 124 Å². The molecular formula is C15H17FN2O2S. The number of benzene rings is 2. The molecule has 2 rings (SSSR count). The van der Waals surface area contributed by atoms with E-state index in [1.165, 1.54) is 18.2 Å². The molecule has 2 N–H and O–H groups in total. The number of rotatable bonds is 6. The van der Waals surface area contributed by atoms with Gasteiger partial charge in [-0.15, -0.1) is 0 Å². The highest BCUT2D eigenvalue weighted by molar-refractivity contribution is 7.89. The van der Waals surface area contributed by atoms with Crippen molar-refractivity contribution in [3.8, 4) is 0 Å². The van der Waals surface area contributed by atoms with Crippen molar-refractivity contribution >= 4 is 15.7 Å². The zero-order valence-corrected chi connectivity index (χ0v) is 12.5. The average molecular weight is 308 g/mol. The molecule has 2 aromatic carbocycles. The SMILES string of the molecule is CCNS(=O)(=O)c1ccc(NCc2ccccc2F)cc1. The van der Waals surface area contributed by atoms with Crippen LogP contribution in [0.4, 0.5) is 10.1 Å². The van der Waals surface area contributed by atoms with E-state index < -0.39 is 10.0 Å². The van der Waals surface area contributed by atoms with Crippen LogP contribution in [0.25, 0.3) is 0 Å². The molecule has 112 valence electrons. The third kappa shape index (κ3) is 4.03. The van der Waals surface area contributed by atoms with Crippen molar-refractivity contribution in [1.29, 1.82) is 0 Å². The van der Waals surface area contributed by atoms with Gasteiger partial charge in [-0.2, -0.15) is 0 Å². The summed E-state index contributed by atoms with van der Waals surface area (Å²) < 4.78 is 39.5. The van der Waals surface area contributed by atoms with Gasteiger partial charge in [0.05, 0.1) is 4.90 Å². The summed E-state index contributed by atoms with van der Waals surface area (Å²) in [5.74, 6) is -0.267. The molecule has 0 fully saturated rings. The standard InChI is InChI=1S/C15H17FN2O2S/c1-2-18-21(19,20)14-9-7-13(8-10-14)17-11-12-5-3-4-6-15(12)16/h3-10,17-18H,2,11H2,1H3. The van der Waals surface area contributed by atoms with Crippen molar-refractivity contribution in [2.75, 3.05) is 11.9 Å². The number of anilines is 1. The second-order valence-electron chi connectivity index (χ2n) is 4.47. The molecule has 0 heterocycles. The Kier molecular flexibility index (Phi) is 4.93. The van der Waals surface area contributed by atoms with Crippen LogP contribution in [0.15, 0.2) is 53.4 Å². The molecule has 0 atom stereocenters. The fourth-order valence-corrected chi connectivity index (χ4v) is 2.91. The van der Waals surface area contributed by atoms with Gasteiger partial charge in [0.1, 0.15) is 5.82 Å². The lowest BCUT2D eigenvalue weighted by atomic mass is 10.2. The summed E-state index contributed by atoms with van der Waals surface area (Å²) in [6, 6.07) is 12.9. The Balaban J connectivity index is 2.05. The van der Waals surface area contributed by atoms with E-state index in [9.17, 15) is 12.8 Å². The van der Waals surface area contributed by atoms with Crippen molar-refractivity contribution in [1.82, 2.24) is 4.72 Å². The Morgan fingerprint density at radius 1 is 1.05 bits per heavy atom. The zero-order valence-electron chi connectivity index (χ0n) is 11.6. The van der Waals surface area contributed by atoms with Gasteiger partial charge in [-0.05, 0) is 30.3 Å². The van der Waals surface area contributed by atoms with Crippen molar-refractivity contribution < 1.29 is 12.8 Å². The van der Waals surface area contributed by atoms with Crippen LogP contribution in [-0.4, -0.2) is 15.0 Å². The minimum absolute atomic E-state index is 0.209. The van der Waals surface area contributed by atoms with Crippen LogP contribution in [0.5, 0.6) is 0 Å². The van der Waals surface area contributed by atoms with Crippen molar-refractivity contribution in [3.05, 3.63) is 59.9 Å². The third-order valence-electron chi connectivity index (χ3n) is 2.94. The van der Waals surface area contributed by atoms with E-state index in [0.29, 0.717) is 18.7 Å². The Morgan fingerprint density at radius 3 is 2.33 bits per heavy atom. The molecule has 6 heteroatoms. The Bertz CT molecular complexity index is 700. The first-order valence-corrected chi connectivity index (χ1v) is 8.08. The highest BCUT2D eigenvalue weighted by Crippen LogP contribution is 2.15. The topological polar surface area (TPSA) is 58.2 Å². The van der Waals surface area contributed by atoms with Gasteiger partial charge in [0.15, 0.2) is 0 Å². The van der Waals surface area contributed by atoms with E-state index in [1.54, 1.807) is 37.3 Å². The van der Waals surface area contributed by atoms with Gasteiger partial charge >= 0.3 is 0 Å². The van der Waals surface area contributed by atoms with E-state index in [0.717, 1.165) is 5.69 Å². The van der Waals surface area contributed by atoms with Crippen LogP contribution in [-0.2, 0) is 16.6 Å². The first kappa shape index (κ1) is 15.5. The number of nitrogens with one attached hydrogen (secondary N) is 2. The Hall–Kier alpha value is -1.92. The molecule has 0 radical (unpaired) electrons. The first-order chi connectivity index (χ1) is 10.0. The van der Waals surface area contributed by atoms with Crippen LogP contribution in [0.2, 0.25) is 0 Å². The molecule has 4 nitrogen and oxygen atoms in total. The maximum Gasteiger partial charge on any atom is 0.240 e. The minimum Gasteiger partial charge on any atom is -0.381 e. The van der Waals surface area contributed by atoms with E-state index in [-0.39, 0.29) is 10.7 Å². The summed E-state index contributed by atoms with van der Waals surface area (Å²) in [6.07, 6.45) is 0. The van der Waals surface area contributed by atoms with Gasteiger partial charge in [0.2, 0.25) is 10.0 Å². The molecule has 0 aliphatic rings. The quantitative estimate of drug-likeness (QED) is 0.862. The van der Waals surface area contributed by atoms with Crippen LogP contribution >= 0.6 is 0 Å². The lowest BCUT2D eigenvalue weighted by Crippen LogP contribution is -2.23. The molecule has 21 heavy (non-hydrogen) atoms. The molecule has 0 saturated heterocycles. The van der Waals surface area contributed by atoms with Gasteiger partial charge in [-0.3, -0.25) is 0 Å². The van der Waals surface area contributed by atoms with Crippen LogP contribution < -0.4 is 10.0 Å². The molecule has 0 saturated carbocycles. The smallest absolute Gasteiger partial charge is 0.240 e. The number of sulfonamides is 1. The molecule has 0 aliphatic carbocycles. The minimum atomic E-state index is -3.44. The highest BCUT2D eigenvalue weighted by atomic mass is 32.2. The normalized spacial score (nSPS) is 11.3. The maximum atomic E-state index is 13.5. The summed E-state index contributed by atoms with van der Waals surface area (Å²) in [6.45, 7) is 2.41. The largest absolute Gasteiger partial charge is 0.381 e. The highest BCUT2D eigenvalue weighted by Gasteiger charge is 2.11. The molecule has 0 amide bonds. The van der Waals surface area contributed by atoms with Crippen LogP contribution in [0, 0.1) is 5.82 Å². The fourth-order valence-electron chi connectivity index (χ4n) is 1.86. The summed E-state index contributed by atoms with van der Waals surface area (Å²) >= 11 is 0. The predicted molar refractivity (Wildman–Crippen MR) is 81.0 cm³/mol. The Morgan fingerprint density at radius 2 is 1.71 bits per heavy atom.